The summed E-state index contributed by atoms with van der Waals surface area (Å²) in [5.74, 6) is 1.06. The van der Waals surface area contributed by atoms with Gasteiger partial charge in [0, 0.05) is 26.3 Å². The highest BCUT2D eigenvalue weighted by Gasteiger charge is 2.24. The zero-order valence-corrected chi connectivity index (χ0v) is 17.6. The molecule has 0 aliphatic carbocycles. The van der Waals surface area contributed by atoms with Crippen LogP contribution in [0.25, 0.3) is 0 Å². The summed E-state index contributed by atoms with van der Waals surface area (Å²) in [6.45, 7) is 2.66. The third kappa shape index (κ3) is 5.64. The van der Waals surface area contributed by atoms with Gasteiger partial charge in [-0.2, -0.15) is 0 Å². The predicted molar refractivity (Wildman–Crippen MR) is 116 cm³/mol. The van der Waals surface area contributed by atoms with Crippen LogP contribution in [-0.2, 0) is 4.79 Å². The number of hydrogen-bond acceptors (Lipinski definition) is 5. The Labute approximate surface area is 173 Å². The van der Waals surface area contributed by atoms with Crippen molar-refractivity contribution in [3.63, 3.8) is 0 Å². The van der Waals surface area contributed by atoms with Crippen LogP contribution in [0.1, 0.15) is 24.4 Å². The van der Waals surface area contributed by atoms with Crippen LogP contribution in [0.5, 0.6) is 11.5 Å². The zero-order chi connectivity index (χ0) is 20.6. The molecule has 2 aromatic carbocycles. The Balaban J connectivity index is 1.60. The number of para-hydroxylation sites is 2. The number of nitrogens with one attached hydrogen (secondary N) is 1. The van der Waals surface area contributed by atoms with Gasteiger partial charge in [-0.25, -0.2) is 0 Å². The van der Waals surface area contributed by atoms with Crippen molar-refractivity contribution >= 4 is 11.6 Å². The molecule has 0 spiro atoms. The molecule has 1 fully saturated rings. The molecular formula is C23H31N3O3. The molecule has 0 radical (unpaired) electrons. The van der Waals surface area contributed by atoms with Crippen LogP contribution in [0.15, 0.2) is 48.5 Å². The van der Waals surface area contributed by atoms with E-state index in [1.54, 1.807) is 13.2 Å². The molecule has 156 valence electrons. The summed E-state index contributed by atoms with van der Waals surface area (Å²) < 4.78 is 10.9. The van der Waals surface area contributed by atoms with Crippen LogP contribution in [0.4, 0.5) is 5.69 Å². The Hall–Kier alpha value is -2.73. The molecule has 0 bridgehead atoms. The molecule has 2 aromatic rings. The molecule has 1 amide bonds. The van der Waals surface area contributed by atoms with E-state index in [2.05, 4.69) is 39.4 Å². The number of carbonyl (C=O) groups excluding carboxylic acids is 1. The number of nitrogens with zero attached hydrogens (tertiary/aromatic N) is 2. The average Bonchev–Trinajstić information content (AvgIpc) is 3.27. The number of ether oxygens (including phenoxy) is 2. The first-order valence-corrected chi connectivity index (χ1v) is 10.1. The van der Waals surface area contributed by atoms with Crippen molar-refractivity contribution in [1.82, 2.24) is 10.2 Å². The summed E-state index contributed by atoms with van der Waals surface area (Å²) in [6.07, 6.45) is 2.41. The van der Waals surface area contributed by atoms with Crippen molar-refractivity contribution in [3.05, 3.63) is 54.1 Å². The van der Waals surface area contributed by atoms with Crippen LogP contribution in [0, 0.1) is 0 Å². The van der Waals surface area contributed by atoms with Crippen molar-refractivity contribution in [3.8, 4) is 11.5 Å². The van der Waals surface area contributed by atoms with Crippen molar-refractivity contribution in [2.24, 2.45) is 0 Å². The number of carbonyl (C=O) groups is 1. The Bertz CT molecular complexity index is 786. The first-order valence-electron chi connectivity index (χ1n) is 10.1. The highest BCUT2D eigenvalue weighted by atomic mass is 16.5. The lowest BCUT2D eigenvalue weighted by molar-refractivity contribution is -0.123. The van der Waals surface area contributed by atoms with E-state index in [0.717, 1.165) is 13.1 Å². The van der Waals surface area contributed by atoms with Gasteiger partial charge in [-0.1, -0.05) is 24.3 Å². The molecule has 0 saturated carbocycles. The topological polar surface area (TPSA) is 54.0 Å². The quantitative estimate of drug-likeness (QED) is 0.705. The van der Waals surface area contributed by atoms with Gasteiger partial charge < -0.3 is 19.7 Å². The Morgan fingerprint density at radius 1 is 1.07 bits per heavy atom. The monoisotopic (exact) mass is 397 g/mol. The molecule has 1 heterocycles. The fourth-order valence-corrected chi connectivity index (χ4v) is 3.65. The first-order chi connectivity index (χ1) is 14.1. The van der Waals surface area contributed by atoms with Gasteiger partial charge >= 0.3 is 0 Å². The fourth-order valence-electron chi connectivity index (χ4n) is 3.65. The van der Waals surface area contributed by atoms with E-state index in [0.29, 0.717) is 18.0 Å². The van der Waals surface area contributed by atoms with Gasteiger partial charge in [0.25, 0.3) is 5.91 Å². The standard InChI is InChI=1S/C23H31N3O3/c1-25(2)19-12-10-18(11-13-19)20(26-14-6-7-15-26)16-24-23(27)17-29-22-9-5-4-8-21(22)28-3/h4-5,8-13,20H,6-7,14-17H2,1-3H3,(H,24,27). The molecule has 1 atom stereocenters. The fraction of sp³-hybridized carbons (Fsp3) is 0.435. The second-order valence-electron chi connectivity index (χ2n) is 7.49. The largest absolute Gasteiger partial charge is 0.493 e. The smallest absolute Gasteiger partial charge is 0.258 e. The number of anilines is 1. The highest BCUT2D eigenvalue weighted by molar-refractivity contribution is 5.77. The van der Waals surface area contributed by atoms with Gasteiger partial charge in [0.15, 0.2) is 18.1 Å². The van der Waals surface area contributed by atoms with Crippen molar-refractivity contribution in [2.45, 2.75) is 18.9 Å². The molecule has 1 aliphatic rings. The lowest BCUT2D eigenvalue weighted by Crippen LogP contribution is -2.38. The Morgan fingerprint density at radius 2 is 1.72 bits per heavy atom. The van der Waals surface area contributed by atoms with Crippen LogP contribution in [-0.4, -0.2) is 58.3 Å². The highest BCUT2D eigenvalue weighted by Crippen LogP contribution is 2.27. The number of rotatable bonds is 9. The van der Waals surface area contributed by atoms with E-state index < -0.39 is 0 Å². The normalized spacial score (nSPS) is 15.0. The molecular weight excluding hydrogens is 366 g/mol. The third-order valence-electron chi connectivity index (χ3n) is 5.30. The SMILES string of the molecule is COc1ccccc1OCC(=O)NCC(c1ccc(N(C)C)cc1)N1CCCC1. The second kappa shape index (κ2) is 10.2. The summed E-state index contributed by atoms with van der Waals surface area (Å²) in [4.78, 5) is 16.9. The predicted octanol–water partition coefficient (Wildman–Crippen LogP) is 3.09. The van der Waals surface area contributed by atoms with Gasteiger partial charge in [0.05, 0.1) is 13.2 Å². The van der Waals surface area contributed by atoms with Crippen LogP contribution in [0.2, 0.25) is 0 Å². The molecule has 3 rings (SSSR count). The van der Waals surface area contributed by atoms with Gasteiger partial charge in [-0.05, 0) is 55.8 Å². The molecule has 0 aromatic heterocycles. The minimum absolute atomic E-state index is 0.0351. The third-order valence-corrected chi connectivity index (χ3v) is 5.30. The summed E-state index contributed by atoms with van der Waals surface area (Å²) in [6, 6.07) is 16.1. The maximum absolute atomic E-state index is 12.4. The number of methoxy groups -OCH3 is 1. The van der Waals surface area contributed by atoms with E-state index in [-0.39, 0.29) is 18.6 Å². The Morgan fingerprint density at radius 3 is 2.34 bits per heavy atom. The van der Waals surface area contributed by atoms with E-state index in [4.69, 9.17) is 9.47 Å². The maximum atomic E-state index is 12.4. The van der Waals surface area contributed by atoms with Crippen molar-refractivity contribution in [1.29, 1.82) is 0 Å². The maximum Gasteiger partial charge on any atom is 0.258 e. The summed E-state index contributed by atoms with van der Waals surface area (Å²) in [7, 11) is 5.66. The lowest BCUT2D eigenvalue weighted by Gasteiger charge is -2.28. The molecule has 29 heavy (non-hydrogen) atoms. The van der Waals surface area contributed by atoms with E-state index >= 15 is 0 Å². The van der Waals surface area contributed by atoms with Crippen molar-refractivity contribution < 1.29 is 14.3 Å². The van der Waals surface area contributed by atoms with Crippen LogP contribution < -0.4 is 19.7 Å². The second-order valence-corrected chi connectivity index (χ2v) is 7.49. The number of likely N-dealkylation sites (tertiary alicyclic amines) is 1. The Kier molecular flexibility index (Phi) is 7.36. The number of benzene rings is 2. The molecule has 1 N–H and O–H groups in total. The van der Waals surface area contributed by atoms with Gasteiger partial charge in [-0.15, -0.1) is 0 Å². The zero-order valence-electron chi connectivity index (χ0n) is 17.6. The molecule has 1 aliphatic heterocycles. The molecule has 6 nitrogen and oxygen atoms in total. The van der Waals surface area contributed by atoms with E-state index in [1.165, 1.54) is 24.1 Å². The van der Waals surface area contributed by atoms with Crippen LogP contribution >= 0.6 is 0 Å². The summed E-state index contributed by atoms with van der Waals surface area (Å²) in [5, 5.41) is 3.05. The average molecular weight is 398 g/mol. The van der Waals surface area contributed by atoms with Crippen LogP contribution in [0.3, 0.4) is 0 Å². The first kappa shape index (κ1) is 21.0. The summed E-state index contributed by atoms with van der Waals surface area (Å²) >= 11 is 0. The minimum Gasteiger partial charge on any atom is -0.493 e. The van der Waals surface area contributed by atoms with Crippen molar-refractivity contribution in [2.75, 3.05) is 52.3 Å². The summed E-state index contributed by atoms with van der Waals surface area (Å²) in [5.41, 5.74) is 2.40. The van der Waals surface area contributed by atoms with Gasteiger partial charge in [-0.3, -0.25) is 9.69 Å². The van der Waals surface area contributed by atoms with Gasteiger partial charge in [0.2, 0.25) is 0 Å². The number of amides is 1. The molecule has 1 unspecified atom stereocenters. The minimum atomic E-state index is -0.134. The molecule has 1 saturated heterocycles. The van der Waals surface area contributed by atoms with E-state index in [9.17, 15) is 4.79 Å². The lowest BCUT2D eigenvalue weighted by atomic mass is 10.0. The molecule has 6 heteroatoms. The number of hydrogen-bond donors (Lipinski definition) is 1. The van der Waals surface area contributed by atoms with E-state index in [1.807, 2.05) is 32.3 Å². The van der Waals surface area contributed by atoms with Gasteiger partial charge in [0.1, 0.15) is 0 Å².